The van der Waals surface area contributed by atoms with Gasteiger partial charge in [-0.1, -0.05) is 12.1 Å². The SMILES string of the molecule is Cc1cc(C)c(S(=O)(=O)O)c(/N=c2/c(C)ccc(C)n2N)c1. The molecule has 0 saturated heterocycles. The van der Waals surface area contributed by atoms with E-state index < -0.39 is 10.1 Å². The van der Waals surface area contributed by atoms with Crippen LogP contribution >= 0.6 is 0 Å². The molecule has 22 heavy (non-hydrogen) atoms. The van der Waals surface area contributed by atoms with Crippen LogP contribution in [0.5, 0.6) is 0 Å². The van der Waals surface area contributed by atoms with Crippen molar-refractivity contribution < 1.29 is 13.0 Å². The lowest BCUT2D eigenvalue weighted by Gasteiger charge is -2.11. The van der Waals surface area contributed by atoms with Gasteiger partial charge in [-0.25, -0.2) is 9.67 Å². The average Bonchev–Trinajstić information content (AvgIpc) is 2.36. The number of rotatable bonds is 2. The van der Waals surface area contributed by atoms with Crippen LogP contribution in [0, 0.1) is 27.7 Å². The lowest BCUT2D eigenvalue weighted by atomic mass is 10.1. The largest absolute Gasteiger partial charge is 0.338 e. The second-order valence-corrected chi connectivity index (χ2v) is 6.73. The standard InChI is InChI=1S/C15H19N3O3S/c1-9-7-11(3)14(22(19,20)21)13(8-9)17-15-10(2)5-6-12(4)18(15)16/h5-8H,16H2,1-4H3,(H,19,20,21)/b17-15-. The van der Waals surface area contributed by atoms with Crippen LogP contribution in [0.3, 0.4) is 0 Å². The third-order valence-electron chi connectivity index (χ3n) is 3.42. The molecule has 0 aliphatic carbocycles. The van der Waals surface area contributed by atoms with E-state index in [2.05, 4.69) is 4.99 Å². The van der Waals surface area contributed by atoms with Crippen molar-refractivity contribution in [3.8, 4) is 0 Å². The van der Waals surface area contributed by atoms with Crippen LogP contribution in [0.25, 0.3) is 0 Å². The Kier molecular flexibility index (Phi) is 4.12. The molecule has 2 rings (SSSR count). The molecule has 1 heterocycles. The number of nitrogens with zero attached hydrogens (tertiary/aromatic N) is 2. The second-order valence-electron chi connectivity index (χ2n) is 5.37. The van der Waals surface area contributed by atoms with Crippen molar-refractivity contribution in [1.29, 1.82) is 0 Å². The van der Waals surface area contributed by atoms with Gasteiger partial charge in [0.15, 0.2) is 5.49 Å². The second kappa shape index (κ2) is 5.58. The van der Waals surface area contributed by atoms with E-state index in [0.29, 0.717) is 11.1 Å². The molecule has 3 N–H and O–H groups in total. The predicted octanol–water partition coefficient (Wildman–Crippen LogP) is 1.91. The minimum Gasteiger partial charge on any atom is -0.338 e. The summed E-state index contributed by atoms with van der Waals surface area (Å²) >= 11 is 0. The Balaban J connectivity index is 2.91. The summed E-state index contributed by atoms with van der Waals surface area (Å²) in [5.41, 5.74) is 3.48. The fraction of sp³-hybridized carbons (Fsp3) is 0.267. The highest BCUT2D eigenvalue weighted by Gasteiger charge is 2.19. The normalized spacial score (nSPS) is 12.7. The van der Waals surface area contributed by atoms with Gasteiger partial charge in [0, 0.05) is 5.69 Å². The first-order chi connectivity index (χ1) is 10.1. The molecule has 0 saturated carbocycles. The van der Waals surface area contributed by atoms with Crippen LogP contribution in [0.15, 0.2) is 34.2 Å². The first-order valence-electron chi connectivity index (χ1n) is 6.69. The Bertz CT molecular complexity index is 912. The molecule has 2 aromatic rings. The number of aryl methyl sites for hydroxylation is 4. The van der Waals surface area contributed by atoms with Crippen molar-refractivity contribution in [2.24, 2.45) is 4.99 Å². The molecule has 0 unspecified atom stereocenters. The van der Waals surface area contributed by atoms with Crippen LogP contribution in [0.1, 0.15) is 22.4 Å². The van der Waals surface area contributed by atoms with Crippen LogP contribution in [0.4, 0.5) is 5.69 Å². The maximum atomic E-state index is 11.7. The van der Waals surface area contributed by atoms with E-state index in [1.165, 1.54) is 4.68 Å². The van der Waals surface area contributed by atoms with Gasteiger partial charge in [0.1, 0.15) is 4.90 Å². The van der Waals surface area contributed by atoms with Crippen LogP contribution < -0.4 is 11.3 Å². The van der Waals surface area contributed by atoms with Gasteiger partial charge in [0.2, 0.25) is 0 Å². The Labute approximate surface area is 129 Å². The van der Waals surface area contributed by atoms with Gasteiger partial charge >= 0.3 is 0 Å². The number of nitrogen functional groups attached to an aromatic ring is 1. The topological polar surface area (TPSA) is 97.7 Å². The third kappa shape index (κ3) is 3.05. The minimum atomic E-state index is -4.38. The number of hydrogen-bond donors (Lipinski definition) is 2. The van der Waals surface area contributed by atoms with Gasteiger partial charge in [0.05, 0.1) is 5.69 Å². The summed E-state index contributed by atoms with van der Waals surface area (Å²) in [6.07, 6.45) is 0. The highest BCUT2D eigenvalue weighted by Crippen LogP contribution is 2.28. The summed E-state index contributed by atoms with van der Waals surface area (Å²) in [4.78, 5) is 4.19. The quantitative estimate of drug-likeness (QED) is 0.652. The van der Waals surface area contributed by atoms with Gasteiger partial charge in [-0.05, 0) is 56.5 Å². The molecule has 0 aliphatic heterocycles. The lowest BCUT2D eigenvalue weighted by Crippen LogP contribution is -2.31. The van der Waals surface area contributed by atoms with Crippen molar-refractivity contribution in [1.82, 2.24) is 4.68 Å². The summed E-state index contributed by atoms with van der Waals surface area (Å²) in [6.45, 7) is 7.11. The fourth-order valence-corrected chi connectivity index (χ4v) is 3.20. The Morgan fingerprint density at radius 2 is 1.73 bits per heavy atom. The van der Waals surface area contributed by atoms with Crippen molar-refractivity contribution in [2.75, 3.05) is 5.84 Å². The Morgan fingerprint density at radius 1 is 1.09 bits per heavy atom. The predicted molar refractivity (Wildman–Crippen MR) is 85.0 cm³/mol. The van der Waals surface area contributed by atoms with E-state index >= 15 is 0 Å². The number of hydrogen-bond acceptors (Lipinski definition) is 4. The molecule has 118 valence electrons. The number of pyridine rings is 1. The summed E-state index contributed by atoms with van der Waals surface area (Å²) in [5, 5.41) is 0. The monoisotopic (exact) mass is 321 g/mol. The first-order valence-corrected chi connectivity index (χ1v) is 8.13. The molecule has 0 bridgehead atoms. The van der Waals surface area contributed by atoms with Gasteiger partial charge in [-0.2, -0.15) is 8.42 Å². The summed E-state index contributed by atoms with van der Waals surface area (Å²) in [7, 11) is -4.38. The summed E-state index contributed by atoms with van der Waals surface area (Å²) < 4.78 is 34.2. The molecule has 0 spiro atoms. The Morgan fingerprint density at radius 3 is 2.32 bits per heavy atom. The zero-order chi connectivity index (χ0) is 16.7. The molecule has 1 aromatic carbocycles. The van der Waals surface area contributed by atoms with Crippen LogP contribution in [-0.2, 0) is 10.1 Å². The first kappa shape index (κ1) is 16.3. The van der Waals surface area contributed by atoms with E-state index in [-0.39, 0.29) is 10.6 Å². The minimum absolute atomic E-state index is 0.174. The highest BCUT2D eigenvalue weighted by molar-refractivity contribution is 7.86. The van der Waals surface area contributed by atoms with Gasteiger partial charge < -0.3 is 5.84 Å². The highest BCUT2D eigenvalue weighted by atomic mass is 32.2. The number of benzene rings is 1. The average molecular weight is 321 g/mol. The summed E-state index contributed by atoms with van der Waals surface area (Å²) in [5.74, 6) is 5.98. The van der Waals surface area contributed by atoms with E-state index in [0.717, 1.165) is 16.8 Å². The molecular weight excluding hydrogens is 302 g/mol. The van der Waals surface area contributed by atoms with Gasteiger partial charge in [-0.15, -0.1) is 0 Å². The van der Waals surface area contributed by atoms with Crippen LogP contribution in [-0.4, -0.2) is 17.6 Å². The lowest BCUT2D eigenvalue weighted by molar-refractivity contribution is 0.483. The van der Waals surface area contributed by atoms with Crippen molar-refractivity contribution in [3.05, 3.63) is 52.1 Å². The molecule has 0 atom stereocenters. The van der Waals surface area contributed by atoms with Gasteiger partial charge in [0.25, 0.3) is 10.1 Å². The summed E-state index contributed by atoms with van der Waals surface area (Å²) in [6, 6.07) is 6.99. The van der Waals surface area contributed by atoms with Crippen molar-refractivity contribution >= 4 is 15.8 Å². The maximum absolute atomic E-state index is 11.7. The van der Waals surface area contributed by atoms with E-state index in [1.807, 2.05) is 32.9 Å². The maximum Gasteiger partial charge on any atom is 0.296 e. The Hall–Kier alpha value is -2.12. The molecule has 0 fully saturated rings. The zero-order valence-corrected chi connectivity index (χ0v) is 13.8. The van der Waals surface area contributed by atoms with Gasteiger partial charge in [-0.3, -0.25) is 4.55 Å². The van der Waals surface area contributed by atoms with E-state index in [4.69, 9.17) is 5.84 Å². The molecule has 0 amide bonds. The van der Waals surface area contributed by atoms with Crippen molar-refractivity contribution in [3.63, 3.8) is 0 Å². The molecular formula is C15H19N3O3S. The molecule has 7 heteroatoms. The zero-order valence-electron chi connectivity index (χ0n) is 13.0. The third-order valence-corrected chi connectivity index (χ3v) is 4.47. The molecule has 0 aliphatic rings. The van der Waals surface area contributed by atoms with E-state index in [9.17, 15) is 13.0 Å². The fourth-order valence-electron chi connectivity index (χ4n) is 2.36. The molecule has 0 radical (unpaired) electrons. The smallest absolute Gasteiger partial charge is 0.296 e. The molecule has 1 aromatic heterocycles. The number of nitrogens with two attached hydrogens (primary N) is 1. The number of aromatic nitrogens is 1. The molecule has 6 nitrogen and oxygen atoms in total. The van der Waals surface area contributed by atoms with Crippen molar-refractivity contribution in [2.45, 2.75) is 32.6 Å². The van der Waals surface area contributed by atoms with Crippen LogP contribution in [0.2, 0.25) is 0 Å². The van der Waals surface area contributed by atoms with E-state index in [1.54, 1.807) is 19.1 Å².